The normalized spacial score (nSPS) is 11.5. The van der Waals surface area contributed by atoms with Gasteiger partial charge in [0.15, 0.2) is 0 Å². The van der Waals surface area contributed by atoms with E-state index in [9.17, 15) is 13.2 Å². The Balaban J connectivity index is 2.16. The van der Waals surface area contributed by atoms with E-state index in [4.69, 9.17) is 0 Å². The number of halogens is 3. The van der Waals surface area contributed by atoms with Crippen LogP contribution in [0.2, 0.25) is 0 Å². The van der Waals surface area contributed by atoms with Crippen LogP contribution in [0, 0.1) is 0 Å². The highest BCUT2D eigenvalue weighted by atomic mass is 32.1. The molecule has 0 atom stereocenters. The van der Waals surface area contributed by atoms with E-state index in [1.54, 1.807) is 10.9 Å². The molecule has 2 rings (SSSR count). The number of anilines is 1. The van der Waals surface area contributed by atoms with Crippen molar-refractivity contribution in [2.45, 2.75) is 12.7 Å². The second-order valence-electron chi connectivity index (χ2n) is 3.23. The summed E-state index contributed by atoms with van der Waals surface area (Å²) in [6.45, 7) is 0.226. The second-order valence-corrected chi connectivity index (χ2v) is 3.95. The minimum Gasteiger partial charge on any atom is -0.364 e. The average Bonchev–Trinajstić information content (AvgIpc) is 2.78. The van der Waals surface area contributed by atoms with Crippen molar-refractivity contribution in [2.75, 3.05) is 5.32 Å². The number of pyridine rings is 1. The smallest absolute Gasteiger partial charge is 0.364 e. The van der Waals surface area contributed by atoms with Gasteiger partial charge in [0.05, 0.1) is 23.3 Å². The molecule has 90 valence electrons. The van der Waals surface area contributed by atoms with Gasteiger partial charge in [-0.15, -0.1) is 11.3 Å². The van der Waals surface area contributed by atoms with E-state index >= 15 is 0 Å². The summed E-state index contributed by atoms with van der Waals surface area (Å²) in [5.41, 5.74) is 1.55. The first-order valence-electron chi connectivity index (χ1n) is 4.70. The Morgan fingerprint density at radius 2 is 2.12 bits per heavy atom. The van der Waals surface area contributed by atoms with Crippen LogP contribution in [0.25, 0.3) is 0 Å². The Labute approximate surface area is 99.3 Å². The van der Waals surface area contributed by atoms with E-state index in [0.29, 0.717) is 5.69 Å². The molecule has 17 heavy (non-hydrogen) atoms. The van der Waals surface area contributed by atoms with Gasteiger partial charge in [-0.3, -0.25) is 0 Å². The van der Waals surface area contributed by atoms with Crippen molar-refractivity contribution in [2.24, 2.45) is 0 Å². The summed E-state index contributed by atoms with van der Waals surface area (Å²) in [5, 5.41) is 4.40. The average molecular weight is 259 g/mol. The lowest BCUT2D eigenvalue weighted by molar-refractivity contribution is -0.137. The van der Waals surface area contributed by atoms with Crippen LogP contribution >= 0.6 is 11.3 Å². The van der Waals surface area contributed by atoms with Crippen LogP contribution < -0.4 is 5.32 Å². The highest BCUT2D eigenvalue weighted by molar-refractivity contribution is 7.07. The molecule has 0 aliphatic carbocycles. The van der Waals surface area contributed by atoms with Crippen LogP contribution in [0.15, 0.2) is 29.2 Å². The number of rotatable bonds is 3. The lowest BCUT2D eigenvalue weighted by Crippen LogP contribution is -2.12. The summed E-state index contributed by atoms with van der Waals surface area (Å²) >= 11 is 1.39. The number of nitrogens with one attached hydrogen (secondary N) is 1. The third-order valence-electron chi connectivity index (χ3n) is 2.03. The Bertz CT molecular complexity index is 482. The molecule has 0 spiro atoms. The maximum absolute atomic E-state index is 12.6. The SMILES string of the molecule is FC(F)(F)c1cccnc1NCc1cscn1. The second kappa shape index (κ2) is 4.70. The number of nitrogens with zero attached hydrogens (tertiary/aromatic N) is 2. The zero-order valence-electron chi connectivity index (χ0n) is 8.53. The van der Waals surface area contributed by atoms with E-state index in [0.717, 1.165) is 6.07 Å². The molecule has 0 aliphatic rings. The van der Waals surface area contributed by atoms with Gasteiger partial charge >= 0.3 is 6.18 Å². The summed E-state index contributed by atoms with van der Waals surface area (Å²) in [6, 6.07) is 2.26. The number of hydrogen-bond acceptors (Lipinski definition) is 4. The van der Waals surface area contributed by atoms with Gasteiger partial charge in [-0.1, -0.05) is 0 Å². The zero-order valence-corrected chi connectivity index (χ0v) is 9.35. The van der Waals surface area contributed by atoms with Crippen LogP contribution in [0.3, 0.4) is 0 Å². The summed E-state index contributed by atoms with van der Waals surface area (Å²) in [5.74, 6) is -0.173. The molecule has 7 heteroatoms. The Hall–Kier alpha value is -1.63. The number of thiazole rings is 1. The molecule has 1 N–H and O–H groups in total. The van der Waals surface area contributed by atoms with Gasteiger partial charge in [0.2, 0.25) is 0 Å². The van der Waals surface area contributed by atoms with Crippen molar-refractivity contribution >= 4 is 17.2 Å². The van der Waals surface area contributed by atoms with Gasteiger partial charge in [0, 0.05) is 11.6 Å². The number of aromatic nitrogens is 2. The van der Waals surface area contributed by atoms with Crippen LogP contribution in [0.5, 0.6) is 0 Å². The molecule has 0 radical (unpaired) electrons. The molecule has 0 aromatic carbocycles. The molecule has 2 heterocycles. The van der Waals surface area contributed by atoms with Crippen molar-refractivity contribution in [1.82, 2.24) is 9.97 Å². The molecule has 0 saturated heterocycles. The van der Waals surface area contributed by atoms with E-state index in [1.165, 1.54) is 23.6 Å². The van der Waals surface area contributed by atoms with Crippen molar-refractivity contribution in [1.29, 1.82) is 0 Å². The fourth-order valence-electron chi connectivity index (χ4n) is 1.27. The molecular weight excluding hydrogens is 251 g/mol. The van der Waals surface area contributed by atoms with Crippen LogP contribution in [0.4, 0.5) is 19.0 Å². The first-order valence-corrected chi connectivity index (χ1v) is 5.65. The van der Waals surface area contributed by atoms with Gasteiger partial charge in [-0.05, 0) is 12.1 Å². The maximum atomic E-state index is 12.6. The Morgan fingerprint density at radius 3 is 2.76 bits per heavy atom. The van der Waals surface area contributed by atoms with E-state index in [-0.39, 0.29) is 12.4 Å². The first-order chi connectivity index (χ1) is 8.07. The first kappa shape index (κ1) is 11.8. The van der Waals surface area contributed by atoms with E-state index < -0.39 is 11.7 Å². The van der Waals surface area contributed by atoms with Gasteiger partial charge in [-0.2, -0.15) is 13.2 Å². The fraction of sp³-hybridized carbons (Fsp3) is 0.200. The van der Waals surface area contributed by atoms with Gasteiger partial charge in [-0.25, -0.2) is 9.97 Å². The highest BCUT2D eigenvalue weighted by Gasteiger charge is 2.33. The number of hydrogen-bond donors (Lipinski definition) is 1. The third-order valence-corrected chi connectivity index (χ3v) is 2.67. The minimum absolute atomic E-state index is 0.173. The summed E-state index contributed by atoms with van der Waals surface area (Å²) in [6.07, 6.45) is -3.09. The molecule has 0 unspecified atom stereocenters. The Morgan fingerprint density at radius 1 is 1.29 bits per heavy atom. The maximum Gasteiger partial charge on any atom is 0.419 e. The predicted molar refractivity (Wildman–Crippen MR) is 58.7 cm³/mol. The van der Waals surface area contributed by atoms with Crippen molar-refractivity contribution in [3.63, 3.8) is 0 Å². The van der Waals surface area contributed by atoms with Crippen molar-refractivity contribution in [3.8, 4) is 0 Å². The largest absolute Gasteiger partial charge is 0.419 e. The van der Waals surface area contributed by atoms with Crippen LogP contribution in [-0.2, 0) is 12.7 Å². The minimum atomic E-state index is -4.40. The molecule has 2 aromatic rings. The fourth-order valence-corrected chi connectivity index (χ4v) is 1.83. The quantitative estimate of drug-likeness (QED) is 0.920. The van der Waals surface area contributed by atoms with Crippen molar-refractivity contribution in [3.05, 3.63) is 40.5 Å². The molecular formula is C10H8F3N3S. The van der Waals surface area contributed by atoms with Gasteiger partial charge in [0.25, 0.3) is 0 Å². The molecule has 2 aromatic heterocycles. The molecule has 0 amide bonds. The third kappa shape index (κ3) is 2.94. The summed E-state index contributed by atoms with van der Waals surface area (Å²) in [4.78, 5) is 7.66. The zero-order chi connectivity index (χ0) is 12.3. The topological polar surface area (TPSA) is 37.8 Å². The lowest BCUT2D eigenvalue weighted by Gasteiger charge is -2.12. The molecule has 0 fully saturated rings. The number of alkyl halides is 3. The molecule has 3 nitrogen and oxygen atoms in total. The highest BCUT2D eigenvalue weighted by Crippen LogP contribution is 2.33. The summed E-state index contributed by atoms with van der Waals surface area (Å²) in [7, 11) is 0. The monoisotopic (exact) mass is 259 g/mol. The predicted octanol–water partition coefficient (Wildman–Crippen LogP) is 3.17. The molecule has 0 bridgehead atoms. The van der Waals surface area contributed by atoms with Crippen LogP contribution in [-0.4, -0.2) is 9.97 Å². The Kier molecular flexibility index (Phi) is 3.28. The molecule has 0 aliphatic heterocycles. The van der Waals surface area contributed by atoms with E-state index in [1.807, 2.05) is 0 Å². The standard InChI is InChI=1S/C10H8F3N3S/c11-10(12,13)8-2-1-3-14-9(8)15-4-7-5-17-6-16-7/h1-3,5-6H,4H2,(H,14,15). The summed E-state index contributed by atoms with van der Waals surface area (Å²) < 4.78 is 37.9. The lowest BCUT2D eigenvalue weighted by atomic mass is 10.2. The van der Waals surface area contributed by atoms with Crippen molar-refractivity contribution < 1.29 is 13.2 Å². The van der Waals surface area contributed by atoms with Crippen LogP contribution in [0.1, 0.15) is 11.3 Å². The van der Waals surface area contributed by atoms with E-state index in [2.05, 4.69) is 15.3 Å². The van der Waals surface area contributed by atoms with Gasteiger partial charge < -0.3 is 5.32 Å². The van der Waals surface area contributed by atoms with Gasteiger partial charge in [0.1, 0.15) is 5.82 Å². The molecule has 0 saturated carbocycles.